The lowest BCUT2D eigenvalue weighted by Gasteiger charge is -2.12. The molecule has 0 amide bonds. The molecule has 0 heterocycles. The van der Waals surface area contributed by atoms with Gasteiger partial charge in [0.25, 0.3) is 0 Å². The minimum absolute atomic E-state index is 0.0665. The minimum Gasteiger partial charge on any atom is -0.455 e. The number of nitrogens with one attached hydrogen (secondary N) is 1. The number of rotatable bonds is 6. The van der Waals surface area contributed by atoms with Gasteiger partial charge in [-0.15, -0.1) is 0 Å². The lowest BCUT2D eigenvalue weighted by Crippen LogP contribution is -2.22. The van der Waals surface area contributed by atoms with Crippen molar-refractivity contribution in [3.8, 4) is 11.5 Å². The monoisotopic (exact) mass is 292 g/mol. The third kappa shape index (κ3) is 3.97. The summed E-state index contributed by atoms with van der Waals surface area (Å²) in [4.78, 5) is 0. The van der Waals surface area contributed by atoms with Crippen LogP contribution in [0.3, 0.4) is 0 Å². The molecule has 20 heavy (non-hydrogen) atoms. The van der Waals surface area contributed by atoms with Gasteiger partial charge in [-0.3, -0.25) is 4.72 Å². The molecular weight excluding hydrogens is 276 g/mol. The van der Waals surface area contributed by atoms with Crippen molar-refractivity contribution in [2.75, 3.05) is 17.0 Å². The van der Waals surface area contributed by atoms with Crippen molar-refractivity contribution in [2.45, 2.75) is 0 Å². The van der Waals surface area contributed by atoms with E-state index in [2.05, 4.69) is 4.72 Å². The Labute approximate surface area is 118 Å². The van der Waals surface area contributed by atoms with E-state index >= 15 is 0 Å². The van der Waals surface area contributed by atoms with Crippen molar-refractivity contribution in [3.63, 3.8) is 0 Å². The molecular formula is C14H16N2O3S. The Morgan fingerprint density at radius 3 is 2.35 bits per heavy atom. The van der Waals surface area contributed by atoms with Gasteiger partial charge < -0.3 is 10.5 Å². The largest absolute Gasteiger partial charge is 0.455 e. The second kappa shape index (κ2) is 6.40. The van der Waals surface area contributed by atoms with Crippen LogP contribution in [0.4, 0.5) is 5.69 Å². The molecule has 6 heteroatoms. The fourth-order valence-electron chi connectivity index (χ4n) is 1.63. The first-order chi connectivity index (χ1) is 9.61. The Morgan fingerprint density at radius 2 is 1.65 bits per heavy atom. The van der Waals surface area contributed by atoms with Crippen LogP contribution in [0.1, 0.15) is 0 Å². The number of ether oxygens (including phenoxy) is 1. The van der Waals surface area contributed by atoms with Gasteiger partial charge in [-0.05, 0) is 24.3 Å². The molecule has 0 aliphatic rings. The van der Waals surface area contributed by atoms with Gasteiger partial charge in [-0.2, -0.15) is 0 Å². The van der Waals surface area contributed by atoms with E-state index in [-0.39, 0.29) is 12.3 Å². The smallest absolute Gasteiger partial charge is 0.234 e. The molecule has 0 aromatic heterocycles. The van der Waals surface area contributed by atoms with Crippen LogP contribution >= 0.6 is 0 Å². The summed E-state index contributed by atoms with van der Waals surface area (Å²) >= 11 is 0. The Bertz CT molecular complexity index is 657. The molecule has 2 aromatic carbocycles. The lowest BCUT2D eigenvalue weighted by atomic mass is 10.3. The summed E-state index contributed by atoms with van der Waals surface area (Å²) in [7, 11) is -3.45. The standard InChI is InChI=1S/C14H16N2O3S/c15-10-11-20(17,18)16-13-8-4-5-9-14(13)19-12-6-2-1-3-7-12/h1-9,16H,10-11,15H2. The first kappa shape index (κ1) is 14.4. The maximum Gasteiger partial charge on any atom is 0.234 e. The van der Waals surface area contributed by atoms with Crippen LogP contribution in [-0.2, 0) is 10.0 Å². The molecule has 0 saturated heterocycles. The third-order valence-corrected chi connectivity index (χ3v) is 3.81. The van der Waals surface area contributed by atoms with Crippen LogP contribution in [-0.4, -0.2) is 20.7 Å². The van der Waals surface area contributed by atoms with Crippen molar-refractivity contribution < 1.29 is 13.2 Å². The quantitative estimate of drug-likeness (QED) is 0.855. The van der Waals surface area contributed by atoms with Crippen molar-refractivity contribution in [2.24, 2.45) is 5.73 Å². The van der Waals surface area contributed by atoms with Crippen LogP contribution < -0.4 is 15.2 Å². The second-order valence-electron chi connectivity index (χ2n) is 4.12. The highest BCUT2D eigenvalue weighted by Gasteiger charge is 2.12. The summed E-state index contributed by atoms with van der Waals surface area (Å²) in [6, 6.07) is 16.0. The summed E-state index contributed by atoms with van der Waals surface area (Å²) in [6.45, 7) is 0.0665. The third-order valence-electron chi connectivity index (χ3n) is 2.51. The van der Waals surface area contributed by atoms with Gasteiger partial charge in [0.2, 0.25) is 10.0 Å². The van der Waals surface area contributed by atoms with E-state index in [1.54, 1.807) is 36.4 Å². The number of hydrogen-bond donors (Lipinski definition) is 2. The van der Waals surface area contributed by atoms with E-state index in [0.717, 1.165) is 0 Å². The van der Waals surface area contributed by atoms with Gasteiger partial charge in [-0.25, -0.2) is 8.42 Å². The fourth-order valence-corrected chi connectivity index (χ4v) is 2.55. The average Bonchev–Trinajstić information content (AvgIpc) is 2.42. The molecule has 0 bridgehead atoms. The SMILES string of the molecule is NCCS(=O)(=O)Nc1ccccc1Oc1ccccc1. The van der Waals surface area contributed by atoms with Crippen molar-refractivity contribution in [1.29, 1.82) is 0 Å². The molecule has 0 saturated carbocycles. The van der Waals surface area contributed by atoms with Gasteiger partial charge >= 0.3 is 0 Å². The first-order valence-corrected chi connectivity index (χ1v) is 7.78. The zero-order chi connectivity index (χ0) is 14.4. The highest BCUT2D eigenvalue weighted by Crippen LogP contribution is 2.29. The van der Waals surface area contributed by atoms with Gasteiger partial charge in [0.15, 0.2) is 5.75 Å². The number of sulfonamides is 1. The summed E-state index contributed by atoms with van der Waals surface area (Å²) < 4.78 is 31.7. The van der Waals surface area contributed by atoms with E-state index < -0.39 is 10.0 Å². The Kier molecular flexibility index (Phi) is 4.60. The number of nitrogens with two attached hydrogens (primary N) is 1. The molecule has 0 radical (unpaired) electrons. The van der Waals surface area contributed by atoms with Crippen LogP contribution in [0, 0.1) is 0 Å². The van der Waals surface area contributed by atoms with Gasteiger partial charge in [-0.1, -0.05) is 30.3 Å². The maximum atomic E-state index is 11.8. The zero-order valence-corrected chi connectivity index (χ0v) is 11.6. The summed E-state index contributed by atoms with van der Waals surface area (Å²) in [5, 5.41) is 0. The molecule has 0 aliphatic carbocycles. The molecule has 2 aromatic rings. The van der Waals surface area contributed by atoms with Gasteiger partial charge in [0.1, 0.15) is 5.75 Å². The molecule has 106 valence electrons. The molecule has 0 unspecified atom stereocenters. The van der Waals surface area contributed by atoms with Crippen molar-refractivity contribution in [3.05, 3.63) is 54.6 Å². The van der Waals surface area contributed by atoms with E-state index in [1.165, 1.54) is 0 Å². The molecule has 0 spiro atoms. The highest BCUT2D eigenvalue weighted by molar-refractivity contribution is 7.92. The minimum atomic E-state index is -3.45. The van der Waals surface area contributed by atoms with E-state index in [9.17, 15) is 8.42 Å². The molecule has 0 fully saturated rings. The van der Waals surface area contributed by atoms with E-state index in [1.807, 2.05) is 18.2 Å². The number of hydrogen-bond acceptors (Lipinski definition) is 4. The lowest BCUT2D eigenvalue weighted by molar-refractivity contribution is 0.485. The summed E-state index contributed by atoms with van der Waals surface area (Å²) in [5.74, 6) is 0.949. The zero-order valence-electron chi connectivity index (χ0n) is 10.8. The molecule has 0 atom stereocenters. The van der Waals surface area contributed by atoms with Crippen LogP contribution in [0.25, 0.3) is 0 Å². The van der Waals surface area contributed by atoms with Crippen LogP contribution in [0.2, 0.25) is 0 Å². The first-order valence-electron chi connectivity index (χ1n) is 6.13. The summed E-state index contributed by atoms with van der Waals surface area (Å²) in [6.07, 6.45) is 0. The predicted molar refractivity (Wildman–Crippen MR) is 79.4 cm³/mol. The topological polar surface area (TPSA) is 81.4 Å². The number of anilines is 1. The Morgan fingerprint density at radius 1 is 1.00 bits per heavy atom. The van der Waals surface area contributed by atoms with Crippen LogP contribution in [0.15, 0.2) is 54.6 Å². The van der Waals surface area contributed by atoms with Crippen LogP contribution in [0.5, 0.6) is 11.5 Å². The van der Waals surface area contributed by atoms with Crippen molar-refractivity contribution in [1.82, 2.24) is 0 Å². The van der Waals surface area contributed by atoms with Gasteiger partial charge in [0.05, 0.1) is 11.4 Å². The number of para-hydroxylation sites is 3. The predicted octanol–water partition coefficient (Wildman–Crippen LogP) is 2.18. The second-order valence-corrected chi connectivity index (χ2v) is 5.96. The average molecular weight is 292 g/mol. The molecule has 3 N–H and O–H groups in total. The normalized spacial score (nSPS) is 11.1. The Balaban J connectivity index is 2.23. The molecule has 5 nitrogen and oxygen atoms in total. The fraction of sp³-hybridized carbons (Fsp3) is 0.143. The van der Waals surface area contributed by atoms with E-state index in [4.69, 9.17) is 10.5 Å². The molecule has 0 aliphatic heterocycles. The summed E-state index contributed by atoms with van der Waals surface area (Å²) in [5.41, 5.74) is 5.67. The van der Waals surface area contributed by atoms with E-state index in [0.29, 0.717) is 17.2 Å². The van der Waals surface area contributed by atoms with Crippen molar-refractivity contribution >= 4 is 15.7 Å². The number of benzene rings is 2. The Hall–Kier alpha value is -2.05. The maximum absolute atomic E-state index is 11.8. The molecule has 2 rings (SSSR count). The highest BCUT2D eigenvalue weighted by atomic mass is 32.2. The van der Waals surface area contributed by atoms with Gasteiger partial charge in [0, 0.05) is 6.54 Å².